The molecule has 1 fully saturated rings. The molecule has 0 bridgehead atoms. The lowest BCUT2D eigenvalue weighted by Crippen LogP contribution is -2.26. The number of carbonyl (C=O) groups is 1. The molecule has 1 saturated carbocycles. The van der Waals surface area contributed by atoms with E-state index in [1.165, 1.54) is 18.2 Å². The molecule has 0 aliphatic heterocycles. The summed E-state index contributed by atoms with van der Waals surface area (Å²) >= 11 is 0. The van der Waals surface area contributed by atoms with E-state index in [9.17, 15) is 9.18 Å². The molecule has 4 heteroatoms. The SMILES string of the molecule is CCC1CC1NC(=O)c1cc(N)cc(F)c1. The molecule has 3 N–H and O–H groups in total. The van der Waals surface area contributed by atoms with E-state index in [1.807, 2.05) is 0 Å². The Balaban J connectivity index is 2.04. The highest BCUT2D eigenvalue weighted by atomic mass is 19.1. The average Bonchev–Trinajstić information content (AvgIpc) is 2.95. The lowest BCUT2D eigenvalue weighted by atomic mass is 10.2. The lowest BCUT2D eigenvalue weighted by molar-refractivity contribution is 0.0948. The van der Waals surface area contributed by atoms with Crippen molar-refractivity contribution in [2.45, 2.75) is 25.8 Å². The van der Waals surface area contributed by atoms with Crippen molar-refractivity contribution in [2.75, 3.05) is 5.73 Å². The first-order valence-electron chi connectivity index (χ1n) is 5.47. The van der Waals surface area contributed by atoms with Crippen LogP contribution in [0.4, 0.5) is 10.1 Å². The van der Waals surface area contributed by atoms with Crippen molar-refractivity contribution in [3.05, 3.63) is 29.6 Å². The molecule has 0 aromatic heterocycles. The highest BCUT2D eigenvalue weighted by Crippen LogP contribution is 2.33. The van der Waals surface area contributed by atoms with Crippen molar-refractivity contribution in [1.82, 2.24) is 5.32 Å². The first kappa shape index (κ1) is 10.9. The molecule has 0 saturated heterocycles. The van der Waals surface area contributed by atoms with E-state index in [-0.39, 0.29) is 17.6 Å². The van der Waals surface area contributed by atoms with Gasteiger partial charge in [0.05, 0.1) is 0 Å². The highest BCUT2D eigenvalue weighted by molar-refractivity contribution is 5.95. The smallest absolute Gasteiger partial charge is 0.251 e. The zero-order chi connectivity index (χ0) is 11.7. The number of carbonyl (C=O) groups excluding carboxylic acids is 1. The normalized spacial score (nSPS) is 22.9. The van der Waals surface area contributed by atoms with Gasteiger partial charge in [0.2, 0.25) is 0 Å². The molecule has 1 aromatic rings. The number of nitrogen functional groups attached to an aromatic ring is 1. The summed E-state index contributed by atoms with van der Waals surface area (Å²) in [6, 6.07) is 4.14. The Labute approximate surface area is 93.8 Å². The van der Waals surface area contributed by atoms with Crippen LogP contribution in [0.1, 0.15) is 30.1 Å². The summed E-state index contributed by atoms with van der Waals surface area (Å²) in [6.45, 7) is 2.09. The number of halogens is 1. The Morgan fingerprint density at radius 2 is 2.31 bits per heavy atom. The van der Waals surface area contributed by atoms with Crippen molar-refractivity contribution < 1.29 is 9.18 Å². The van der Waals surface area contributed by atoms with Gasteiger partial charge in [-0.25, -0.2) is 4.39 Å². The third-order valence-corrected chi connectivity index (χ3v) is 2.95. The van der Waals surface area contributed by atoms with Crippen LogP contribution < -0.4 is 11.1 Å². The standard InChI is InChI=1S/C12H15FN2O/c1-2-7-5-11(7)15-12(16)8-3-9(13)6-10(14)4-8/h3-4,6-7,11H,2,5,14H2,1H3,(H,15,16). The molecule has 2 atom stereocenters. The summed E-state index contributed by atoms with van der Waals surface area (Å²) < 4.78 is 13.0. The van der Waals surface area contributed by atoms with E-state index in [2.05, 4.69) is 12.2 Å². The van der Waals surface area contributed by atoms with Gasteiger partial charge in [-0.1, -0.05) is 13.3 Å². The number of rotatable bonds is 3. The van der Waals surface area contributed by atoms with Gasteiger partial charge >= 0.3 is 0 Å². The predicted octanol–water partition coefficient (Wildman–Crippen LogP) is 1.94. The second-order valence-electron chi connectivity index (χ2n) is 4.26. The Morgan fingerprint density at radius 1 is 1.56 bits per heavy atom. The Hall–Kier alpha value is -1.58. The molecule has 0 radical (unpaired) electrons. The van der Waals surface area contributed by atoms with Crippen LogP contribution in [0.3, 0.4) is 0 Å². The zero-order valence-corrected chi connectivity index (χ0v) is 9.16. The van der Waals surface area contributed by atoms with Gasteiger partial charge in [-0.2, -0.15) is 0 Å². The zero-order valence-electron chi connectivity index (χ0n) is 9.16. The van der Waals surface area contributed by atoms with Gasteiger partial charge < -0.3 is 11.1 Å². The van der Waals surface area contributed by atoms with Crippen molar-refractivity contribution >= 4 is 11.6 Å². The fourth-order valence-corrected chi connectivity index (χ4v) is 1.87. The third kappa shape index (κ3) is 2.32. The number of hydrogen-bond donors (Lipinski definition) is 2. The summed E-state index contributed by atoms with van der Waals surface area (Å²) in [4.78, 5) is 11.7. The van der Waals surface area contributed by atoms with Crippen molar-refractivity contribution in [2.24, 2.45) is 5.92 Å². The molecule has 16 heavy (non-hydrogen) atoms. The molecule has 2 unspecified atom stereocenters. The minimum absolute atomic E-state index is 0.243. The maximum absolute atomic E-state index is 13.0. The molecular formula is C12H15FN2O. The number of amides is 1. The quantitative estimate of drug-likeness (QED) is 0.768. The first-order chi connectivity index (χ1) is 7.60. The second kappa shape index (κ2) is 4.12. The fraction of sp³-hybridized carbons (Fsp3) is 0.417. The predicted molar refractivity (Wildman–Crippen MR) is 60.5 cm³/mol. The highest BCUT2D eigenvalue weighted by Gasteiger charge is 2.36. The molecule has 1 aromatic carbocycles. The molecule has 3 nitrogen and oxygen atoms in total. The third-order valence-electron chi connectivity index (χ3n) is 2.95. The van der Waals surface area contributed by atoms with E-state index in [0.717, 1.165) is 12.8 Å². The summed E-state index contributed by atoms with van der Waals surface area (Å²) in [6.07, 6.45) is 2.09. The summed E-state index contributed by atoms with van der Waals surface area (Å²) in [5.74, 6) is -0.144. The number of hydrogen-bond acceptors (Lipinski definition) is 2. The van der Waals surface area contributed by atoms with Gasteiger partial charge in [-0.15, -0.1) is 0 Å². The van der Waals surface area contributed by atoms with E-state index >= 15 is 0 Å². The van der Waals surface area contributed by atoms with Gasteiger partial charge in [-0.3, -0.25) is 4.79 Å². The van der Waals surface area contributed by atoms with E-state index < -0.39 is 5.82 Å². The van der Waals surface area contributed by atoms with E-state index in [1.54, 1.807) is 0 Å². The van der Waals surface area contributed by atoms with Crippen LogP contribution in [0.5, 0.6) is 0 Å². The molecule has 2 rings (SSSR count). The number of nitrogens with one attached hydrogen (secondary N) is 1. The first-order valence-corrected chi connectivity index (χ1v) is 5.47. The van der Waals surface area contributed by atoms with Gasteiger partial charge in [0.1, 0.15) is 5.82 Å². The minimum Gasteiger partial charge on any atom is -0.399 e. The summed E-state index contributed by atoms with van der Waals surface area (Å²) in [5.41, 5.74) is 6.04. The second-order valence-corrected chi connectivity index (χ2v) is 4.26. The molecule has 0 spiro atoms. The van der Waals surface area contributed by atoms with Gasteiger partial charge in [-0.05, 0) is 30.5 Å². The Morgan fingerprint density at radius 3 is 2.88 bits per heavy atom. The molecule has 1 aliphatic carbocycles. The van der Waals surface area contributed by atoms with Crippen LogP contribution in [-0.4, -0.2) is 11.9 Å². The van der Waals surface area contributed by atoms with Gasteiger partial charge in [0, 0.05) is 17.3 Å². The average molecular weight is 222 g/mol. The van der Waals surface area contributed by atoms with Crippen molar-refractivity contribution in [3.8, 4) is 0 Å². The summed E-state index contributed by atoms with van der Waals surface area (Å²) in [5, 5.41) is 2.86. The number of benzene rings is 1. The Bertz CT molecular complexity index is 399. The monoisotopic (exact) mass is 222 g/mol. The van der Waals surface area contributed by atoms with E-state index in [0.29, 0.717) is 11.5 Å². The molecule has 1 aliphatic rings. The van der Waals surface area contributed by atoms with Crippen LogP contribution in [0.25, 0.3) is 0 Å². The van der Waals surface area contributed by atoms with Crippen LogP contribution in [0.15, 0.2) is 18.2 Å². The topological polar surface area (TPSA) is 55.1 Å². The molecule has 86 valence electrons. The maximum atomic E-state index is 13.0. The van der Waals surface area contributed by atoms with Gasteiger partial charge in [0.25, 0.3) is 5.91 Å². The molecular weight excluding hydrogens is 207 g/mol. The number of nitrogens with two attached hydrogens (primary N) is 1. The number of anilines is 1. The van der Waals surface area contributed by atoms with Crippen LogP contribution >= 0.6 is 0 Å². The van der Waals surface area contributed by atoms with Gasteiger partial charge in [0.15, 0.2) is 0 Å². The van der Waals surface area contributed by atoms with Crippen molar-refractivity contribution in [1.29, 1.82) is 0 Å². The van der Waals surface area contributed by atoms with Crippen LogP contribution in [0.2, 0.25) is 0 Å². The fourth-order valence-electron chi connectivity index (χ4n) is 1.87. The molecule has 0 heterocycles. The summed E-state index contributed by atoms with van der Waals surface area (Å²) in [7, 11) is 0. The van der Waals surface area contributed by atoms with E-state index in [4.69, 9.17) is 5.73 Å². The largest absolute Gasteiger partial charge is 0.399 e. The maximum Gasteiger partial charge on any atom is 0.251 e. The van der Waals surface area contributed by atoms with Crippen molar-refractivity contribution in [3.63, 3.8) is 0 Å². The Kier molecular flexibility index (Phi) is 2.81. The van der Waals surface area contributed by atoms with Crippen LogP contribution in [-0.2, 0) is 0 Å². The lowest BCUT2D eigenvalue weighted by Gasteiger charge is -2.05. The minimum atomic E-state index is -0.479. The molecule has 1 amide bonds. The van der Waals surface area contributed by atoms with Crippen LogP contribution in [0, 0.1) is 11.7 Å².